The molecule has 6 rings (SSSR count). The molecule has 232 valence electrons. The van der Waals surface area contributed by atoms with Gasteiger partial charge >= 0.3 is 5.97 Å². The van der Waals surface area contributed by atoms with Crippen LogP contribution in [-0.4, -0.2) is 91.0 Å². The van der Waals surface area contributed by atoms with Crippen molar-refractivity contribution in [3.05, 3.63) is 0 Å². The fraction of sp³-hybridized carbons (Fsp3) is 0.935. The van der Waals surface area contributed by atoms with E-state index in [-0.39, 0.29) is 60.1 Å². The Morgan fingerprint density at radius 2 is 1.88 bits per heavy atom. The molecule has 1 spiro atoms. The monoisotopic (exact) mass is 577 g/mol. The number of esters is 1. The molecule has 10 heteroatoms. The van der Waals surface area contributed by atoms with Gasteiger partial charge in [-0.3, -0.25) is 4.79 Å². The van der Waals surface area contributed by atoms with E-state index in [0.29, 0.717) is 25.2 Å². The minimum atomic E-state index is -0.914. The fourth-order valence-electron chi connectivity index (χ4n) is 9.16. The van der Waals surface area contributed by atoms with E-state index in [9.17, 15) is 14.7 Å². The number of epoxide rings is 1. The maximum atomic E-state index is 14.0. The van der Waals surface area contributed by atoms with Crippen LogP contribution in [0.15, 0.2) is 0 Å². The lowest BCUT2D eigenvalue weighted by molar-refractivity contribution is -0.279. The summed E-state index contributed by atoms with van der Waals surface area (Å²) in [5.74, 6) is -0.438. The van der Waals surface area contributed by atoms with Gasteiger partial charge in [-0.05, 0) is 97.7 Å². The van der Waals surface area contributed by atoms with Crippen molar-refractivity contribution >= 4 is 11.8 Å². The van der Waals surface area contributed by atoms with Gasteiger partial charge in [0.25, 0.3) is 0 Å². The molecule has 8 unspecified atom stereocenters. The quantitative estimate of drug-likeness (QED) is 0.281. The second-order valence-electron chi connectivity index (χ2n) is 14.5. The van der Waals surface area contributed by atoms with Crippen molar-refractivity contribution in [2.45, 2.75) is 133 Å². The summed E-state index contributed by atoms with van der Waals surface area (Å²) in [4.78, 5) is 27.1. The third-order valence-corrected chi connectivity index (χ3v) is 11.1. The van der Waals surface area contributed by atoms with Crippen LogP contribution >= 0.6 is 0 Å². The van der Waals surface area contributed by atoms with Crippen molar-refractivity contribution in [2.24, 2.45) is 35.3 Å². The van der Waals surface area contributed by atoms with Gasteiger partial charge in [0.15, 0.2) is 5.60 Å². The molecule has 0 aromatic heterocycles. The minimum Gasteiger partial charge on any atom is -0.457 e. The SMILES string of the molecule is CNC[C@@H]1CC[C@@]2(O[C@@H]2CCC2CCNC(N)C2)C(=O)O[C@@H]2[C@H](C1)C1C(CC3OC(C)CC(=O)C3C1O)OC2(C)C. The van der Waals surface area contributed by atoms with Crippen LogP contribution in [0.25, 0.3) is 0 Å². The summed E-state index contributed by atoms with van der Waals surface area (Å²) in [5, 5.41) is 18.4. The van der Waals surface area contributed by atoms with Gasteiger partial charge in [0, 0.05) is 24.7 Å². The smallest absolute Gasteiger partial charge is 0.341 e. The summed E-state index contributed by atoms with van der Waals surface area (Å²) in [5.41, 5.74) is 4.45. The molecular formula is C31H51N3O7. The summed E-state index contributed by atoms with van der Waals surface area (Å²) in [6.07, 6.45) is 4.64. The van der Waals surface area contributed by atoms with E-state index in [1.165, 1.54) is 0 Å². The topological polar surface area (TPSA) is 145 Å². The van der Waals surface area contributed by atoms with Crippen LogP contribution in [0.4, 0.5) is 0 Å². The van der Waals surface area contributed by atoms with Gasteiger partial charge in [-0.15, -0.1) is 0 Å². The zero-order valence-electron chi connectivity index (χ0n) is 25.2. The Bertz CT molecular complexity index is 995. The highest BCUT2D eigenvalue weighted by atomic mass is 16.7. The number of ether oxygens (including phenoxy) is 4. The van der Waals surface area contributed by atoms with Crippen molar-refractivity contribution in [3.8, 4) is 0 Å². The Balaban J connectivity index is 1.24. The average molecular weight is 578 g/mol. The number of rotatable bonds is 5. The maximum Gasteiger partial charge on any atom is 0.341 e. The van der Waals surface area contributed by atoms with Crippen LogP contribution in [-0.2, 0) is 28.5 Å². The molecule has 0 radical (unpaired) electrons. The first-order chi connectivity index (χ1) is 19.5. The lowest BCUT2D eigenvalue weighted by Gasteiger charge is -2.57. The number of carbonyl (C=O) groups is 2. The molecule has 5 N–H and O–H groups in total. The zero-order chi connectivity index (χ0) is 29.1. The predicted molar refractivity (Wildman–Crippen MR) is 151 cm³/mol. The van der Waals surface area contributed by atoms with Crippen molar-refractivity contribution in [1.29, 1.82) is 0 Å². The van der Waals surface area contributed by atoms with Gasteiger partial charge in [0.2, 0.25) is 0 Å². The van der Waals surface area contributed by atoms with Gasteiger partial charge in [-0.1, -0.05) is 0 Å². The van der Waals surface area contributed by atoms with Crippen molar-refractivity contribution in [3.63, 3.8) is 0 Å². The Hall–Kier alpha value is -1.14. The number of hydrogen-bond acceptors (Lipinski definition) is 10. The Kier molecular flexibility index (Phi) is 8.33. The number of fused-ring (bicyclic) bond motifs is 4. The number of nitrogens with one attached hydrogen (secondary N) is 2. The molecule has 0 aromatic carbocycles. The normalized spacial score (nSPS) is 49.5. The van der Waals surface area contributed by atoms with E-state index in [2.05, 4.69) is 10.6 Å². The lowest BCUT2D eigenvalue weighted by Crippen LogP contribution is -2.67. The molecule has 13 atom stereocenters. The van der Waals surface area contributed by atoms with Crippen molar-refractivity contribution < 1.29 is 33.6 Å². The van der Waals surface area contributed by atoms with Crippen LogP contribution in [0.1, 0.15) is 78.6 Å². The summed E-state index contributed by atoms with van der Waals surface area (Å²) < 4.78 is 25.5. The van der Waals surface area contributed by atoms with E-state index >= 15 is 0 Å². The largest absolute Gasteiger partial charge is 0.457 e. The average Bonchev–Trinajstić information content (AvgIpc) is 3.60. The van der Waals surface area contributed by atoms with Crippen LogP contribution in [0.5, 0.6) is 0 Å². The molecule has 6 fully saturated rings. The maximum absolute atomic E-state index is 14.0. The van der Waals surface area contributed by atoms with E-state index in [1.807, 2.05) is 27.8 Å². The summed E-state index contributed by atoms with van der Waals surface area (Å²) >= 11 is 0. The Morgan fingerprint density at radius 1 is 1.07 bits per heavy atom. The summed E-state index contributed by atoms with van der Waals surface area (Å²) in [6, 6.07) is 0. The second-order valence-corrected chi connectivity index (χ2v) is 14.5. The summed E-state index contributed by atoms with van der Waals surface area (Å²) in [6.45, 7) is 7.63. The van der Waals surface area contributed by atoms with E-state index in [1.54, 1.807) is 0 Å². The van der Waals surface area contributed by atoms with Gasteiger partial charge in [0.05, 0.1) is 42.6 Å². The minimum absolute atomic E-state index is 0.0404. The van der Waals surface area contributed by atoms with Crippen LogP contribution < -0.4 is 16.4 Å². The molecule has 41 heavy (non-hydrogen) atoms. The fourth-order valence-corrected chi connectivity index (χ4v) is 9.16. The Morgan fingerprint density at radius 3 is 2.63 bits per heavy atom. The molecule has 5 aliphatic heterocycles. The standard InChI is InChI=1S/C31H51N3O7/c1-16-11-20(35)26-21(38-16)14-22-25(27(26)36)19-12-18(15-33-4)7-9-31(29(37)39-28(19)30(2,3)40-22)23(41-31)6-5-17-8-10-34-24(32)13-17/h16-19,21-28,33-34,36H,5-15,32H2,1-4H3/t16?,17?,18-,19-,21?,22?,23-,24?,25?,26?,27?,28-,31+/m1/s1. The highest BCUT2D eigenvalue weighted by Gasteiger charge is 2.66. The number of aliphatic hydroxyl groups is 1. The van der Waals surface area contributed by atoms with Crippen LogP contribution in [0.2, 0.25) is 0 Å². The second kappa shape index (κ2) is 11.4. The molecule has 6 aliphatic rings. The lowest BCUT2D eigenvalue weighted by atomic mass is 9.61. The first-order valence-electron chi connectivity index (χ1n) is 16.1. The van der Waals surface area contributed by atoms with Crippen LogP contribution in [0, 0.1) is 29.6 Å². The molecule has 5 saturated heterocycles. The molecule has 0 aromatic rings. The molecule has 0 amide bonds. The molecule has 1 saturated carbocycles. The molecular weight excluding hydrogens is 526 g/mol. The van der Waals surface area contributed by atoms with Crippen molar-refractivity contribution in [1.82, 2.24) is 10.6 Å². The predicted octanol–water partition coefficient (Wildman–Crippen LogP) is 1.66. The molecule has 1 aliphatic carbocycles. The van der Waals surface area contributed by atoms with Gasteiger partial charge in [-0.25, -0.2) is 4.79 Å². The number of Topliss-reactive ketones (excluding diaryl/α,β-unsaturated/α-hetero) is 1. The summed E-state index contributed by atoms with van der Waals surface area (Å²) in [7, 11) is 1.96. The van der Waals surface area contributed by atoms with Gasteiger partial charge < -0.3 is 40.4 Å². The van der Waals surface area contributed by atoms with E-state index in [4.69, 9.17) is 24.7 Å². The first-order valence-corrected chi connectivity index (χ1v) is 16.1. The van der Waals surface area contributed by atoms with Gasteiger partial charge in [0.1, 0.15) is 17.5 Å². The zero-order valence-corrected chi connectivity index (χ0v) is 25.2. The third kappa shape index (κ3) is 5.63. The highest BCUT2D eigenvalue weighted by Crippen LogP contribution is 2.54. The Labute approximate surface area is 244 Å². The number of ketones is 1. The molecule has 5 heterocycles. The van der Waals surface area contributed by atoms with E-state index in [0.717, 1.165) is 51.6 Å². The highest BCUT2D eigenvalue weighted by molar-refractivity contribution is 5.84. The number of hydrogen-bond donors (Lipinski definition) is 4. The first kappa shape index (κ1) is 29.9. The number of piperidine rings is 1. The molecule has 10 nitrogen and oxygen atoms in total. The van der Waals surface area contributed by atoms with Gasteiger partial charge in [-0.2, -0.15) is 0 Å². The number of carbonyl (C=O) groups excluding carboxylic acids is 2. The number of nitrogens with two attached hydrogens (primary N) is 1. The third-order valence-electron chi connectivity index (χ3n) is 11.1. The molecule has 0 bridgehead atoms. The van der Waals surface area contributed by atoms with Crippen molar-refractivity contribution in [2.75, 3.05) is 20.1 Å². The van der Waals surface area contributed by atoms with Crippen LogP contribution in [0.3, 0.4) is 0 Å². The van der Waals surface area contributed by atoms with E-state index < -0.39 is 29.3 Å². The number of aliphatic hydroxyl groups excluding tert-OH is 1.